The van der Waals surface area contributed by atoms with Gasteiger partial charge in [-0.1, -0.05) is 6.07 Å². The Bertz CT molecular complexity index is 346. The average molecular weight is 300 g/mol. The summed E-state index contributed by atoms with van der Waals surface area (Å²) in [6, 6.07) is 4.78. The van der Waals surface area contributed by atoms with Crippen LogP contribution >= 0.6 is 27.5 Å². The van der Waals surface area contributed by atoms with E-state index in [1.54, 1.807) is 12.1 Å². The molecule has 0 aliphatic rings. The molecule has 5 heteroatoms. The average Bonchev–Trinajstić information content (AvgIpc) is 2.18. The molecule has 0 aliphatic carbocycles. The molecule has 78 valence electrons. The third-order valence-electron chi connectivity index (χ3n) is 1.62. The summed E-state index contributed by atoms with van der Waals surface area (Å²) >= 11 is 8.51. The van der Waals surface area contributed by atoms with Crippen molar-refractivity contribution in [1.82, 2.24) is 0 Å². The third-order valence-corrected chi connectivity index (χ3v) is 3.97. The largest absolute Gasteiger partial charge is 0.254 e. The van der Waals surface area contributed by atoms with Crippen LogP contribution in [0.3, 0.4) is 0 Å². The molecule has 0 fully saturated rings. The Morgan fingerprint density at radius 3 is 2.86 bits per heavy atom. The van der Waals surface area contributed by atoms with Gasteiger partial charge in [0.25, 0.3) is 0 Å². The maximum Gasteiger partial charge on any atom is 0.153 e. The van der Waals surface area contributed by atoms with Crippen LogP contribution in [0.5, 0.6) is 0 Å². The SMILES string of the molecule is O=S(CCCCl)c1cccc(Br)c1F. The van der Waals surface area contributed by atoms with Gasteiger partial charge in [-0.3, -0.25) is 4.21 Å². The highest BCUT2D eigenvalue weighted by molar-refractivity contribution is 9.10. The van der Waals surface area contributed by atoms with E-state index in [4.69, 9.17) is 11.6 Å². The topological polar surface area (TPSA) is 17.1 Å². The lowest BCUT2D eigenvalue weighted by atomic mass is 10.3. The van der Waals surface area contributed by atoms with E-state index in [1.165, 1.54) is 6.07 Å². The highest BCUT2D eigenvalue weighted by Gasteiger charge is 2.11. The summed E-state index contributed by atoms with van der Waals surface area (Å²) in [4.78, 5) is 0.240. The molecular weight excluding hydrogens is 291 g/mol. The number of hydrogen-bond acceptors (Lipinski definition) is 1. The van der Waals surface area contributed by atoms with Crippen LogP contribution in [-0.4, -0.2) is 15.8 Å². The molecule has 0 spiro atoms. The van der Waals surface area contributed by atoms with Gasteiger partial charge in [-0.05, 0) is 34.5 Å². The summed E-state index contributed by atoms with van der Waals surface area (Å²) in [5.74, 6) is 0.401. The van der Waals surface area contributed by atoms with Crippen LogP contribution in [0.1, 0.15) is 6.42 Å². The van der Waals surface area contributed by atoms with Crippen molar-refractivity contribution >= 4 is 38.3 Å². The van der Waals surface area contributed by atoms with E-state index in [0.717, 1.165) is 0 Å². The lowest BCUT2D eigenvalue weighted by Gasteiger charge is -2.03. The van der Waals surface area contributed by atoms with Crippen molar-refractivity contribution in [3.05, 3.63) is 28.5 Å². The minimum Gasteiger partial charge on any atom is -0.254 e. The Balaban J connectivity index is 2.84. The number of halogens is 3. The van der Waals surface area contributed by atoms with Crippen molar-refractivity contribution in [3.63, 3.8) is 0 Å². The number of alkyl halides is 1. The van der Waals surface area contributed by atoms with E-state index in [9.17, 15) is 8.60 Å². The fourth-order valence-corrected chi connectivity index (χ4v) is 2.91. The smallest absolute Gasteiger partial charge is 0.153 e. The van der Waals surface area contributed by atoms with E-state index in [1.807, 2.05) is 0 Å². The standard InChI is InChI=1S/C9H9BrClFOS/c10-7-3-1-4-8(9(7)12)14(13)6-2-5-11/h1,3-4H,2,5-6H2. The maximum atomic E-state index is 13.4. The van der Waals surface area contributed by atoms with E-state index in [0.29, 0.717) is 22.5 Å². The minimum atomic E-state index is -1.29. The molecule has 1 rings (SSSR count). The first-order valence-electron chi connectivity index (χ1n) is 4.05. The zero-order valence-corrected chi connectivity index (χ0v) is 10.5. The molecule has 0 bridgehead atoms. The zero-order valence-electron chi connectivity index (χ0n) is 7.30. The van der Waals surface area contributed by atoms with E-state index in [2.05, 4.69) is 15.9 Å². The van der Waals surface area contributed by atoms with Crippen LogP contribution < -0.4 is 0 Å². The quantitative estimate of drug-likeness (QED) is 0.780. The van der Waals surface area contributed by atoms with Crippen molar-refractivity contribution in [3.8, 4) is 0 Å². The normalized spacial score (nSPS) is 12.8. The Kier molecular flexibility index (Phi) is 5.06. The Morgan fingerprint density at radius 2 is 2.21 bits per heavy atom. The van der Waals surface area contributed by atoms with Gasteiger partial charge in [0.1, 0.15) is 0 Å². The van der Waals surface area contributed by atoms with Crippen LogP contribution in [0, 0.1) is 5.82 Å². The summed E-state index contributed by atoms with van der Waals surface area (Å²) in [6.45, 7) is 0. The van der Waals surface area contributed by atoms with E-state index in [-0.39, 0.29) is 4.90 Å². The second-order valence-corrected chi connectivity index (χ2v) is 5.42. The molecule has 1 nitrogen and oxygen atoms in total. The monoisotopic (exact) mass is 298 g/mol. The summed E-state index contributed by atoms with van der Waals surface area (Å²) in [5.41, 5.74) is 0. The predicted molar refractivity (Wildman–Crippen MR) is 60.7 cm³/mol. The van der Waals surface area contributed by atoms with E-state index >= 15 is 0 Å². The molecule has 0 amide bonds. The first-order chi connectivity index (χ1) is 6.66. The summed E-state index contributed by atoms with van der Waals surface area (Å²) in [7, 11) is -1.29. The van der Waals surface area contributed by atoms with Crippen LogP contribution in [0.25, 0.3) is 0 Å². The van der Waals surface area contributed by atoms with Gasteiger partial charge in [0.2, 0.25) is 0 Å². The molecule has 0 saturated heterocycles. The zero-order chi connectivity index (χ0) is 10.6. The van der Waals surface area contributed by atoms with Gasteiger partial charge in [0, 0.05) is 11.6 Å². The van der Waals surface area contributed by atoms with Crippen molar-refractivity contribution < 1.29 is 8.60 Å². The fraction of sp³-hybridized carbons (Fsp3) is 0.333. The Morgan fingerprint density at radius 1 is 1.50 bits per heavy atom. The highest BCUT2D eigenvalue weighted by Crippen LogP contribution is 2.21. The maximum absolute atomic E-state index is 13.4. The molecule has 0 aromatic heterocycles. The molecule has 1 aromatic carbocycles. The van der Waals surface area contributed by atoms with Crippen molar-refractivity contribution in [2.45, 2.75) is 11.3 Å². The first kappa shape index (κ1) is 12.1. The first-order valence-corrected chi connectivity index (χ1v) is 6.70. The molecule has 0 saturated carbocycles. The number of rotatable bonds is 4. The van der Waals surface area contributed by atoms with Crippen LogP contribution in [0.4, 0.5) is 4.39 Å². The molecule has 1 unspecified atom stereocenters. The lowest BCUT2D eigenvalue weighted by molar-refractivity contribution is 0.588. The van der Waals surface area contributed by atoms with Crippen molar-refractivity contribution in [2.75, 3.05) is 11.6 Å². The number of benzene rings is 1. The van der Waals surface area contributed by atoms with Crippen molar-refractivity contribution in [2.24, 2.45) is 0 Å². The third kappa shape index (κ3) is 3.04. The van der Waals surface area contributed by atoms with Gasteiger partial charge in [-0.25, -0.2) is 4.39 Å². The molecule has 0 aliphatic heterocycles. The minimum absolute atomic E-state index is 0.240. The van der Waals surface area contributed by atoms with Gasteiger partial charge in [-0.2, -0.15) is 0 Å². The highest BCUT2D eigenvalue weighted by atomic mass is 79.9. The number of hydrogen-bond donors (Lipinski definition) is 0. The molecule has 0 heterocycles. The molecule has 1 atom stereocenters. The summed E-state index contributed by atoms with van der Waals surface area (Å²) in [6.07, 6.45) is 0.625. The van der Waals surface area contributed by atoms with Gasteiger partial charge in [0.15, 0.2) is 5.82 Å². The molecule has 14 heavy (non-hydrogen) atoms. The van der Waals surface area contributed by atoms with Gasteiger partial charge >= 0.3 is 0 Å². The Hall–Kier alpha value is 0.0700. The molecular formula is C9H9BrClFOS. The van der Waals surface area contributed by atoms with Crippen LogP contribution in [0.15, 0.2) is 27.6 Å². The second-order valence-electron chi connectivity index (χ2n) is 2.64. The molecule has 0 radical (unpaired) electrons. The Labute approximate surface area is 98.2 Å². The fourth-order valence-electron chi connectivity index (χ4n) is 0.955. The predicted octanol–water partition coefficient (Wildman–Crippen LogP) is 3.32. The second kappa shape index (κ2) is 5.83. The van der Waals surface area contributed by atoms with Gasteiger partial charge in [-0.15, -0.1) is 11.6 Å². The lowest BCUT2D eigenvalue weighted by Crippen LogP contribution is -2.01. The van der Waals surface area contributed by atoms with Crippen LogP contribution in [-0.2, 0) is 10.8 Å². The van der Waals surface area contributed by atoms with Crippen LogP contribution in [0.2, 0.25) is 0 Å². The van der Waals surface area contributed by atoms with Gasteiger partial charge in [0.05, 0.1) is 20.2 Å². The summed E-state index contributed by atoms with van der Waals surface area (Å²) < 4.78 is 25.3. The molecule has 0 N–H and O–H groups in total. The van der Waals surface area contributed by atoms with Crippen molar-refractivity contribution in [1.29, 1.82) is 0 Å². The summed E-state index contributed by atoms with van der Waals surface area (Å²) in [5, 5.41) is 0. The molecule has 1 aromatic rings. The van der Waals surface area contributed by atoms with Gasteiger partial charge < -0.3 is 0 Å². The van der Waals surface area contributed by atoms with E-state index < -0.39 is 16.6 Å².